The van der Waals surface area contributed by atoms with E-state index in [9.17, 15) is 33.6 Å². The van der Waals surface area contributed by atoms with Gasteiger partial charge < -0.3 is 53.7 Å². The fourth-order valence-corrected chi connectivity index (χ4v) is 8.20. The maximum Gasteiger partial charge on any atom is 0.251 e. The molecular weight excluding hydrogens is 879 g/mol. The summed E-state index contributed by atoms with van der Waals surface area (Å²) in [7, 11) is 0. The fraction of sp³-hybridized carbons (Fsp3) is 0.333. The predicted molar refractivity (Wildman–Crippen MR) is 262 cm³/mol. The minimum absolute atomic E-state index is 0.0000342. The van der Waals surface area contributed by atoms with Gasteiger partial charge in [-0.15, -0.1) is 0 Å². The monoisotopic (exact) mass is 939 g/mol. The van der Waals surface area contributed by atoms with E-state index in [2.05, 4.69) is 36.6 Å². The molecule has 3 heterocycles. The van der Waals surface area contributed by atoms with Crippen molar-refractivity contribution in [1.29, 1.82) is 0 Å². The number of aliphatic imine (C=N–C) groups is 1. The maximum absolute atomic E-state index is 14.7. The first-order valence-corrected chi connectivity index (χ1v) is 23.2. The number of fused-ring (bicyclic) bond motifs is 24. The lowest BCUT2D eigenvalue weighted by Crippen LogP contribution is -2.59. The Morgan fingerprint density at radius 1 is 0.594 bits per heavy atom. The van der Waals surface area contributed by atoms with Gasteiger partial charge in [-0.25, -0.2) is 0 Å². The first-order chi connectivity index (χ1) is 33.3. The van der Waals surface area contributed by atoms with Crippen molar-refractivity contribution in [3.63, 3.8) is 0 Å². The lowest BCUT2D eigenvalue weighted by molar-refractivity contribution is -0.139. The summed E-state index contributed by atoms with van der Waals surface area (Å²) in [5, 5.41) is 15.2. The van der Waals surface area contributed by atoms with Crippen LogP contribution in [-0.2, 0) is 43.2 Å². The third-order valence-corrected chi connectivity index (χ3v) is 11.8. The SMILES string of the molecule is NC(=O)CN1CCCCCCNC(=O)c2ccc(cc2)C(=O)N[C@@H](Cc2ccccc2)C(=O)N[C@H](Cc2ccccc2)C(=O)N[C@@H](CCCN=C(N)N)C(=O)N[C@@H](Cc2c[nH]c3ccccc23)C1=O. The summed E-state index contributed by atoms with van der Waals surface area (Å²) in [6, 6.07) is 26.6. The molecule has 4 aromatic carbocycles. The van der Waals surface area contributed by atoms with Crippen molar-refractivity contribution < 1.29 is 33.6 Å². The van der Waals surface area contributed by atoms with Crippen molar-refractivity contribution in [2.45, 2.75) is 82.0 Å². The van der Waals surface area contributed by atoms with Gasteiger partial charge in [0.25, 0.3) is 11.8 Å². The molecule has 2 bridgehead atoms. The number of hydrogen-bond donors (Lipinski definition) is 9. The molecule has 7 amide bonds. The van der Waals surface area contributed by atoms with Crippen molar-refractivity contribution in [2.75, 3.05) is 26.2 Å². The molecule has 0 spiro atoms. The van der Waals surface area contributed by atoms with E-state index in [0.29, 0.717) is 43.4 Å². The molecule has 0 unspecified atom stereocenters. The van der Waals surface area contributed by atoms with Crippen molar-refractivity contribution in [3.05, 3.63) is 143 Å². The molecule has 69 heavy (non-hydrogen) atoms. The number of nitrogens with one attached hydrogen (secondary N) is 6. The number of aromatic amines is 1. The average molecular weight is 940 g/mol. The number of carbonyl (C=O) groups is 7. The van der Waals surface area contributed by atoms with Crippen LogP contribution in [0.3, 0.4) is 0 Å². The number of primary amides is 1. The van der Waals surface area contributed by atoms with Gasteiger partial charge in [0.1, 0.15) is 24.2 Å². The third-order valence-electron chi connectivity index (χ3n) is 11.8. The zero-order valence-corrected chi connectivity index (χ0v) is 38.5. The highest BCUT2D eigenvalue weighted by Crippen LogP contribution is 2.21. The number of benzene rings is 4. The number of hydrogen-bond acceptors (Lipinski definition) is 8. The van der Waals surface area contributed by atoms with Gasteiger partial charge in [0.15, 0.2) is 5.96 Å². The zero-order chi connectivity index (χ0) is 49.1. The maximum atomic E-state index is 14.7. The Bertz CT molecular complexity index is 2580. The molecule has 0 saturated heterocycles. The fourth-order valence-electron chi connectivity index (χ4n) is 8.20. The van der Waals surface area contributed by atoms with Crippen molar-refractivity contribution in [2.24, 2.45) is 22.2 Å². The summed E-state index contributed by atoms with van der Waals surface area (Å²) in [5.74, 6) is -4.46. The van der Waals surface area contributed by atoms with E-state index in [1.807, 2.05) is 48.5 Å². The normalized spacial score (nSPS) is 19.4. The molecule has 18 heteroatoms. The van der Waals surface area contributed by atoms with E-state index in [1.165, 1.54) is 29.2 Å². The van der Waals surface area contributed by atoms with Crippen LogP contribution in [0.15, 0.2) is 120 Å². The minimum atomic E-state index is -1.27. The molecule has 5 aromatic rings. The Labute approximate surface area is 400 Å². The highest BCUT2D eigenvalue weighted by Gasteiger charge is 2.34. The quantitative estimate of drug-likeness (QED) is 0.0383. The number of para-hydroxylation sites is 1. The number of rotatable bonds is 12. The standard InChI is InChI=1S/C51H61N11O7/c52-44(63)32-62-27-12-2-1-11-25-55-45(64)35-21-23-36(24-22-35)46(65)59-41(28-33-14-5-3-6-15-33)49(68)60-42(29-34-16-7-4-8-17-34)48(67)58-40(20-13-26-56-51(53)54)47(66)61-43(50(62)69)30-37-31-57-39-19-10-9-18-38(37)39/h3-10,14-19,21-24,31,40-43,57H,1-2,11-13,20,25-30,32H2,(H2,52,63)(H,55,64)(H,58,67)(H,59,65)(H,60,68)(H,61,66)(H4,53,54,56)/t40-,41-,42+,43-/m0/s1. The van der Waals surface area contributed by atoms with Crippen molar-refractivity contribution in [1.82, 2.24) is 36.5 Å². The van der Waals surface area contributed by atoms with E-state index < -0.39 is 66.2 Å². The Hall–Kier alpha value is -8.02. The van der Waals surface area contributed by atoms with Crippen LogP contribution in [0.2, 0.25) is 0 Å². The Kier molecular flexibility index (Phi) is 18.4. The second-order valence-electron chi connectivity index (χ2n) is 17.1. The van der Waals surface area contributed by atoms with Gasteiger partial charge in [-0.1, -0.05) is 91.7 Å². The van der Waals surface area contributed by atoms with Crippen molar-refractivity contribution in [3.8, 4) is 0 Å². The molecule has 2 aliphatic heterocycles. The minimum Gasteiger partial charge on any atom is -0.370 e. The highest BCUT2D eigenvalue weighted by molar-refractivity contribution is 6.01. The number of amides is 7. The van der Waals surface area contributed by atoms with Gasteiger partial charge in [0.2, 0.25) is 29.5 Å². The lowest BCUT2D eigenvalue weighted by atomic mass is 10.0. The van der Waals surface area contributed by atoms with E-state index >= 15 is 0 Å². The molecule has 12 N–H and O–H groups in total. The Morgan fingerprint density at radius 2 is 1.14 bits per heavy atom. The zero-order valence-electron chi connectivity index (χ0n) is 38.5. The largest absolute Gasteiger partial charge is 0.370 e. The molecule has 18 nitrogen and oxygen atoms in total. The summed E-state index contributed by atoms with van der Waals surface area (Å²) in [4.78, 5) is 106. The number of nitrogens with zero attached hydrogens (tertiary/aromatic N) is 2. The first kappa shape index (κ1) is 50.4. The van der Waals surface area contributed by atoms with E-state index in [0.717, 1.165) is 22.0 Å². The Balaban J connectivity index is 1.37. The van der Waals surface area contributed by atoms with Crippen LogP contribution in [0.25, 0.3) is 10.9 Å². The van der Waals surface area contributed by atoms with Crippen LogP contribution in [0.5, 0.6) is 0 Å². The molecular formula is C51H61N11O7. The van der Waals surface area contributed by atoms with E-state index in [1.54, 1.807) is 42.6 Å². The number of carbonyl (C=O) groups excluding carboxylic acids is 7. The lowest BCUT2D eigenvalue weighted by Gasteiger charge is -2.29. The van der Waals surface area contributed by atoms with Crippen LogP contribution >= 0.6 is 0 Å². The molecule has 0 aliphatic carbocycles. The van der Waals surface area contributed by atoms with Gasteiger partial charge >= 0.3 is 0 Å². The van der Waals surface area contributed by atoms with E-state index in [-0.39, 0.29) is 62.6 Å². The molecule has 0 fully saturated rings. The van der Waals surface area contributed by atoms with Crippen LogP contribution in [-0.4, -0.2) is 108 Å². The first-order valence-electron chi connectivity index (χ1n) is 23.2. The molecule has 0 radical (unpaired) electrons. The molecule has 2 aliphatic rings. The van der Waals surface area contributed by atoms with Crippen LogP contribution in [0.4, 0.5) is 0 Å². The Morgan fingerprint density at radius 3 is 1.78 bits per heavy atom. The second-order valence-corrected chi connectivity index (χ2v) is 17.1. The molecule has 4 atom stereocenters. The topological polar surface area (TPSA) is 289 Å². The second kappa shape index (κ2) is 25.2. The van der Waals surface area contributed by atoms with E-state index in [4.69, 9.17) is 17.2 Å². The van der Waals surface area contributed by atoms with Crippen LogP contribution in [0, 0.1) is 0 Å². The summed E-state index contributed by atoms with van der Waals surface area (Å²) < 4.78 is 0. The summed E-state index contributed by atoms with van der Waals surface area (Å²) >= 11 is 0. The molecule has 7 rings (SSSR count). The third kappa shape index (κ3) is 15.3. The summed E-state index contributed by atoms with van der Waals surface area (Å²) in [5.41, 5.74) is 20.4. The van der Waals surface area contributed by atoms with Gasteiger partial charge in [-0.2, -0.15) is 0 Å². The predicted octanol–water partition coefficient (Wildman–Crippen LogP) is 2.12. The van der Waals surface area contributed by atoms with Crippen LogP contribution in [0.1, 0.15) is 75.9 Å². The van der Waals surface area contributed by atoms with Gasteiger partial charge in [0.05, 0.1) is 6.54 Å². The number of aromatic nitrogens is 1. The van der Waals surface area contributed by atoms with Gasteiger partial charge in [0, 0.05) is 67.1 Å². The summed E-state index contributed by atoms with van der Waals surface area (Å²) in [6.45, 7) is 0.236. The number of nitrogens with two attached hydrogens (primary N) is 3. The highest BCUT2D eigenvalue weighted by atomic mass is 16.2. The van der Waals surface area contributed by atoms with Crippen LogP contribution < -0.4 is 43.8 Å². The smallest absolute Gasteiger partial charge is 0.251 e. The summed E-state index contributed by atoms with van der Waals surface area (Å²) in [6.07, 6.45) is 4.55. The number of guanidine groups is 1. The number of H-pyrrole nitrogens is 1. The molecule has 0 saturated carbocycles. The van der Waals surface area contributed by atoms with Crippen molar-refractivity contribution >= 4 is 58.2 Å². The molecule has 1 aromatic heterocycles. The van der Waals surface area contributed by atoms with Gasteiger partial charge in [-0.05, 0) is 72.7 Å². The average Bonchev–Trinajstić information content (AvgIpc) is 3.75. The van der Waals surface area contributed by atoms with Gasteiger partial charge in [-0.3, -0.25) is 38.6 Å². The molecule has 362 valence electrons.